The number of rotatable bonds is 3. The minimum Gasteiger partial charge on any atom is -0.495 e. The summed E-state index contributed by atoms with van der Waals surface area (Å²) in [7, 11) is 0.369. The molecule has 1 aromatic heterocycles. The first-order chi connectivity index (χ1) is 12.1. The van der Waals surface area contributed by atoms with Gasteiger partial charge in [-0.15, -0.1) is 0 Å². The van der Waals surface area contributed by atoms with E-state index in [0.29, 0.717) is 22.9 Å². The molecule has 0 bridgehead atoms. The van der Waals surface area contributed by atoms with Crippen LogP contribution in [-0.4, -0.2) is 32.8 Å². The Morgan fingerprint density at radius 1 is 1.31 bits per heavy atom. The molecule has 1 atom stereocenters. The minimum atomic E-state index is -1.23. The standard InChI is InChI=1S/C19H26N4O2S/c1-11-12(2)21-22-18(11)23-8-7-14(20)13-9-17(26(24)19(3,4)5)16(25-6)10-15(13)23/h7,9-10H,8,20H2,1-6H3,(H,21,22). The van der Waals surface area contributed by atoms with Gasteiger partial charge in [0.1, 0.15) is 5.75 Å². The number of nitrogens with zero attached hydrogens (tertiary/aromatic N) is 2. The van der Waals surface area contributed by atoms with Crippen molar-refractivity contribution in [1.29, 1.82) is 0 Å². The number of anilines is 2. The van der Waals surface area contributed by atoms with Gasteiger partial charge in [-0.1, -0.05) is 0 Å². The summed E-state index contributed by atoms with van der Waals surface area (Å²) < 4.78 is 18.2. The Hall–Kier alpha value is -2.28. The summed E-state index contributed by atoms with van der Waals surface area (Å²) in [6.45, 7) is 10.5. The zero-order valence-electron chi connectivity index (χ0n) is 16.1. The molecule has 140 valence electrons. The van der Waals surface area contributed by atoms with Crippen molar-refractivity contribution in [3.63, 3.8) is 0 Å². The fourth-order valence-corrected chi connectivity index (χ4v) is 4.18. The van der Waals surface area contributed by atoms with E-state index in [0.717, 1.165) is 28.3 Å². The maximum absolute atomic E-state index is 13.0. The van der Waals surface area contributed by atoms with E-state index in [1.165, 1.54) is 0 Å². The molecule has 6 nitrogen and oxygen atoms in total. The summed E-state index contributed by atoms with van der Waals surface area (Å²) in [6, 6.07) is 3.81. The van der Waals surface area contributed by atoms with Crippen molar-refractivity contribution < 1.29 is 8.95 Å². The molecular formula is C19H26N4O2S. The highest BCUT2D eigenvalue weighted by Crippen LogP contribution is 2.41. The average molecular weight is 375 g/mol. The predicted molar refractivity (Wildman–Crippen MR) is 106 cm³/mol. The summed E-state index contributed by atoms with van der Waals surface area (Å²) in [6.07, 6.45) is 1.96. The van der Waals surface area contributed by atoms with Crippen LogP contribution < -0.4 is 15.4 Å². The second-order valence-electron chi connectivity index (χ2n) is 7.47. The molecular weight excluding hydrogens is 348 g/mol. The van der Waals surface area contributed by atoms with Crippen LogP contribution >= 0.6 is 0 Å². The molecule has 0 amide bonds. The Morgan fingerprint density at radius 2 is 2.00 bits per heavy atom. The monoisotopic (exact) mass is 374 g/mol. The summed E-state index contributed by atoms with van der Waals surface area (Å²) in [5.74, 6) is 1.46. The molecule has 0 radical (unpaired) electrons. The molecule has 3 rings (SSSR count). The van der Waals surface area contributed by atoms with Crippen LogP contribution in [-0.2, 0) is 10.8 Å². The van der Waals surface area contributed by atoms with E-state index in [1.807, 2.05) is 52.8 Å². The minimum absolute atomic E-state index is 0.399. The van der Waals surface area contributed by atoms with Crippen molar-refractivity contribution in [2.45, 2.75) is 44.3 Å². The second-order valence-corrected chi connectivity index (χ2v) is 9.67. The number of fused-ring (bicyclic) bond motifs is 1. The van der Waals surface area contributed by atoms with Crippen LogP contribution in [0.5, 0.6) is 5.75 Å². The highest BCUT2D eigenvalue weighted by Gasteiger charge is 2.29. The van der Waals surface area contributed by atoms with E-state index in [9.17, 15) is 4.21 Å². The van der Waals surface area contributed by atoms with E-state index in [4.69, 9.17) is 10.5 Å². The lowest BCUT2D eigenvalue weighted by molar-refractivity contribution is 0.403. The molecule has 2 aromatic rings. The number of aryl methyl sites for hydroxylation is 1. The number of benzene rings is 1. The molecule has 3 N–H and O–H groups in total. The predicted octanol–water partition coefficient (Wildman–Crippen LogP) is 3.39. The zero-order valence-corrected chi connectivity index (χ0v) is 17.0. The van der Waals surface area contributed by atoms with Crippen LogP contribution in [0, 0.1) is 13.8 Å². The number of nitrogens with one attached hydrogen (secondary N) is 1. The van der Waals surface area contributed by atoms with Crippen LogP contribution in [0.2, 0.25) is 0 Å². The number of aromatic nitrogens is 2. The van der Waals surface area contributed by atoms with Crippen molar-refractivity contribution >= 4 is 28.0 Å². The molecule has 0 spiro atoms. The van der Waals surface area contributed by atoms with Gasteiger partial charge in [0.05, 0.1) is 28.5 Å². The topological polar surface area (TPSA) is 84.2 Å². The number of hydrogen-bond donors (Lipinski definition) is 2. The lowest BCUT2D eigenvalue weighted by Gasteiger charge is -2.30. The first-order valence-electron chi connectivity index (χ1n) is 8.54. The normalized spacial score (nSPS) is 15.5. The smallest absolute Gasteiger partial charge is 0.158 e. The molecule has 0 saturated heterocycles. The highest BCUT2D eigenvalue weighted by molar-refractivity contribution is 7.86. The van der Waals surface area contributed by atoms with Gasteiger partial charge in [0, 0.05) is 39.9 Å². The molecule has 0 aliphatic carbocycles. The van der Waals surface area contributed by atoms with Crippen LogP contribution in [0.1, 0.15) is 37.6 Å². The number of nitrogens with two attached hydrogens (primary N) is 1. The van der Waals surface area contributed by atoms with E-state index < -0.39 is 15.5 Å². The molecule has 1 aliphatic heterocycles. The van der Waals surface area contributed by atoms with Gasteiger partial charge in [0.15, 0.2) is 5.82 Å². The average Bonchev–Trinajstić information content (AvgIpc) is 2.92. The van der Waals surface area contributed by atoms with Gasteiger partial charge < -0.3 is 15.4 Å². The second kappa shape index (κ2) is 6.46. The summed E-state index contributed by atoms with van der Waals surface area (Å²) in [4.78, 5) is 2.75. The number of ether oxygens (including phenoxy) is 1. The van der Waals surface area contributed by atoms with E-state index in [2.05, 4.69) is 15.1 Å². The first kappa shape index (κ1) is 18.5. The highest BCUT2D eigenvalue weighted by atomic mass is 32.2. The Balaban J connectivity index is 2.19. The summed E-state index contributed by atoms with van der Waals surface area (Å²) >= 11 is 0. The van der Waals surface area contributed by atoms with Crippen LogP contribution in [0.15, 0.2) is 23.1 Å². The molecule has 2 heterocycles. The lowest BCUT2D eigenvalue weighted by atomic mass is 10.0. The third-order valence-electron chi connectivity index (χ3n) is 4.62. The number of methoxy groups -OCH3 is 1. The summed E-state index contributed by atoms with van der Waals surface area (Å²) in [5, 5.41) is 7.48. The van der Waals surface area contributed by atoms with Gasteiger partial charge in [-0.3, -0.25) is 9.31 Å². The Bertz CT molecular complexity index is 909. The molecule has 1 aliphatic rings. The lowest BCUT2D eigenvalue weighted by Crippen LogP contribution is -2.26. The van der Waals surface area contributed by atoms with Crippen LogP contribution in [0.25, 0.3) is 5.70 Å². The van der Waals surface area contributed by atoms with Crippen molar-refractivity contribution in [1.82, 2.24) is 10.2 Å². The molecule has 0 saturated carbocycles. The fourth-order valence-electron chi connectivity index (χ4n) is 2.97. The number of hydrogen-bond acceptors (Lipinski definition) is 5. The molecule has 1 unspecified atom stereocenters. The maximum atomic E-state index is 13.0. The van der Waals surface area contributed by atoms with Gasteiger partial charge in [-0.2, -0.15) is 5.10 Å². The van der Waals surface area contributed by atoms with Crippen LogP contribution in [0.4, 0.5) is 11.5 Å². The maximum Gasteiger partial charge on any atom is 0.158 e. The Labute approximate surface area is 156 Å². The SMILES string of the molecule is COc1cc2c(cc1S(=O)C(C)(C)C)C(N)=CCN2c1n[nH]c(C)c1C. The van der Waals surface area contributed by atoms with E-state index in [-0.39, 0.29) is 0 Å². The zero-order chi connectivity index (χ0) is 19.2. The van der Waals surface area contributed by atoms with Crippen molar-refractivity contribution in [2.24, 2.45) is 5.73 Å². The third kappa shape index (κ3) is 3.00. The third-order valence-corrected chi connectivity index (χ3v) is 6.45. The number of aromatic amines is 1. The van der Waals surface area contributed by atoms with Crippen molar-refractivity contribution in [2.75, 3.05) is 18.6 Å². The number of H-pyrrole nitrogens is 1. The van der Waals surface area contributed by atoms with Gasteiger partial charge in [0.2, 0.25) is 0 Å². The Morgan fingerprint density at radius 3 is 2.54 bits per heavy atom. The van der Waals surface area contributed by atoms with Gasteiger partial charge in [-0.05, 0) is 46.8 Å². The molecule has 0 fully saturated rings. The molecule has 26 heavy (non-hydrogen) atoms. The van der Waals surface area contributed by atoms with Crippen LogP contribution in [0.3, 0.4) is 0 Å². The van der Waals surface area contributed by atoms with E-state index in [1.54, 1.807) is 7.11 Å². The van der Waals surface area contributed by atoms with Gasteiger partial charge >= 0.3 is 0 Å². The van der Waals surface area contributed by atoms with E-state index >= 15 is 0 Å². The van der Waals surface area contributed by atoms with Crippen molar-refractivity contribution in [3.05, 3.63) is 35.0 Å². The Kier molecular flexibility index (Phi) is 4.60. The van der Waals surface area contributed by atoms with Gasteiger partial charge in [-0.25, -0.2) is 0 Å². The quantitative estimate of drug-likeness (QED) is 0.860. The molecule has 1 aromatic carbocycles. The summed E-state index contributed by atoms with van der Waals surface area (Å²) in [5.41, 5.74) is 10.8. The largest absolute Gasteiger partial charge is 0.495 e. The molecule has 7 heteroatoms. The fraction of sp³-hybridized carbons (Fsp3) is 0.421. The van der Waals surface area contributed by atoms with Gasteiger partial charge in [0.25, 0.3) is 0 Å². The van der Waals surface area contributed by atoms with Crippen molar-refractivity contribution in [3.8, 4) is 5.75 Å². The first-order valence-corrected chi connectivity index (χ1v) is 9.69.